The number of aryl methyl sites for hydroxylation is 1. The molecule has 2 aromatic carbocycles. The van der Waals surface area contributed by atoms with Gasteiger partial charge in [-0.05, 0) is 74.9 Å². The molecule has 3 fully saturated rings. The third-order valence-electron chi connectivity index (χ3n) is 11.3. The number of ether oxygens (including phenoxy) is 2. The molecule has 0 aliphatic carbocycles. The van der Waals surface area contributed by atoms with Crippen molar-refractivity contribution in [1.29, 1.82) is 0 Å². The average Bonchev–Trinajstić information content (AvgIpc) is 3.31. The number of nitrogens with zero attached hydrogens (tertiary/aromatic N) is 4. The Bertz CT molecular complexity index is 1880. The van der Waals surface area contributed by atoms with E-state index in [1.54, 1.807) is 42.5 Å². The van der Waals surface area contributed by atoms with Crippen molar-refractivity contribution in [3.8, 4) is 0 Å². The summed E-state index contributed by atoms with van der Waals surface area (Å²) in [7, 11) is 1.12. The van der Waals surface area contributed by atoms with Crippen LogP contribution < -0.4 is 4.72 Å². The van der Waals surface area contributed by atoms with E-state index in [2.05, 4.69) is 21.6 Å². The van der Waals surface area contributed by atoms with Crippen molar-refractivity contribution >= 4 is 62.5 Å². The Morgan fingerprint density at radius 1 is 0.887 bits per heavy atom. The lowest BCUT2D eigenvalue weighted by atomic mass is 9.73. The van der Waals surface area contributed by atoms with Crippen LogP contribution in [0.25, 0.3) is 0 Å². The van der Waals surface area contributed by atoms with Crippen LogP contribution in [0.3, 0.4) is 0 Å². The van der Waals surface area contributed by atoms with Crippen LogP contribution in [0.2, 0.25) is 10.0 Å². The molecule has 4 heterocycles. The Morgan fingerprint density at radius 3 is 2.13 bits per heavy atom. The first-order chi connectivity index (χ1) is 25.3. The van der Waals surface area contributed by atoms with Crippen molar-refractivity contribution in [2.75, 3.05) is 58.4 Å². The van der Waals surface area contributed by atoms with E-state index >= 15 is 0 Å². The average molecular weight is 789 g/mol. The Morgan fingerprint density at radius 2 is 1.53 bits per heavy atom. The molecule has 4 aliphatic rings. The quantitative estimate of drug-likeness (QED) is 0.315. The van der Waals surface area contributed by atoms with Crippen LogP contribution in [0.15, 0.2) is 58.7 Å². The van der Waals surface area contributed by atoms with Gasteiger partial charge in [0, 0.05) is 66.0 Å². The summed E-state index contributed by atoms with van der Waals surface area (Å²) in [6.45, 7) is 2.64. The lowest BCUT2D eigenvalue weighted by molar-refractivity contribution is -0.143. The summed E-state index contributed by atoms with van der Waals surface area (Å²) in [5.74, 6) is -3.94. The van der Waals surface area contributed by atoms with Gasteiger partial charge in [-0.1, -0.05) is 47.5 Å². The van der Waals surface area contributed by atoms with Gasteiger partial charge >= 0.3 is 11.9 Å². The van der Waals surface area contributed by atoms with E-state index in [0.717, 1.165) is 32.2 Å². The molecule has 4 aliphatic heterocycles. The van der Waals surface area contributed by atoms with Gasteiger partial charge in [-0.2, -0.15) is 0 Å². The number of piperidine rings is 1. The second kappa shape index (κ2) is 16.5. The number of halogens is 2. The summed E-state index contributed by atoms with van der Waals surface area (Å²) in [5.41, 5.74) is 1.90. The molecule has 53 heavy (non-hydrogen) atoms. The molecule has 12 nitrogen and oxygen atoms in total. The Kier molecular flexibility index (Phi) is 12.2. The molecule has 2 bridgehead atoms. The SMILES string of the molecule is COC(=O)C1=C(CCc2ccccc2NS(C)(=O)=O)N=C(CC(=O)N2CCN(C3CC4CCC(C3)N4C)CC2)C(C(=O)OC)C1c1c(Cl)cccc1Cl. The largest absolute Gasteiger partial charge is 0.468 e. The van der Waals surface area contributed by atoms with Crippen LogP contribution in [0.1, 0.15) is 55.6 Å². The van der Waals surface area contributed by atoms with Gasteiger partial charge < -0.3 is 19.3 Å². The number of carbonyl (C=O) groups excluding carboxylic acids is 3. The van der Waals surface area contributed by atoms with Crippen LogP contribution in [0, 0.1) is 5.92 Å². The minimum Gasteiger partial charge on any atom is -0.468 e. The molecule has 0 radical (unpaired) electrons. The fraction of sp³-hybridized carbons (Fsp3) is 0.526. The second-order valence-electron chi connectivity index (χ2n) is 14.4. The van der Waals surface area contributed by atoms with Gasteiger partial charge in [0.25, 0.3) is 0 Å². The monoisotopic (exact) mass is 787 g/mol. The van der Waals surface area contributed by atoms with E-state index < -0.39 is 33.8 Å². The van der Waals surface area contributed by atoms with Gasteiger partial charge in [0.15, 0.2) is 0 Å². The van der Waals surface area contributed by atoms with Gasteiger partial charge in [-0.25, -0.2) is 13.2 Å². The first-order valence-electron chi connectivity index (χ1n) is 18.0. The maximum atomic E-state index is 14.1. The number of hydrogen-bond donors (Lipinski definition) is 1. The first-order valence-corrected chi connectivity index (χ1v) is 20.6. The molecule has 6 rings (SSSR count). The number of benzene rings is 2. The van der Waals surface area contributed by atoms with E-state index in [1.807, 2.05) is 4.90 Å². The molecule has 0 spiro atoms. The van der Waals surface area contributed by atoms with E-state index in [9.17, 15) is 22.8 Å². The zero-order chi connectivity index (χ0) is 38.0. The topological polar surface area (TPSA) is 138 Å². The molecule has 1 N–H and O–H groups in total. The number of fused-ring (bicyclic) bond motifs is 2. The Hall–Kier alpha value is -3.49. The van der Waals surface area contributed by atoms with E-state index in [1.165, 1.54) is 27.1 Å². The van der Waals surface area contributed by atoms with E-state index in [-0.39, 0.29) is 52.2 Å². The number of amides is 1. The number of hydrogen-bond acceptors (Lipinski definition) is 10. The Labute approximate surface area is 321 Å². The number of allylic oxidation sites excluding steroid dienone is 1. The number of rotatable bonds is 11. The minimum absolute atomic E-state index is 0.0587. The van der Waals surface area contributed by atoms with Gasteiger partial charge in [-0.3, -0.25) is 24.2 Å². The fourth-order valence-electron chi connectivity index (χ4n) is 8.63. The van der Waals surface area contributed by atoms with Crippen molar-refractivity contribution in [1.82, 2.24) is 14.7 Å². The fourth-order valence-corrected chi connectivity index (χ4v) is 9.86. The molecular weight excluding hydrogens is 741 g/mol. The van der Waals surface area contributed by atoms with Crippen LogP contribution in [0.4, 0.5) is 5.69 Å². The smallest absolute Gasteiger partial charge is 0.336 e. The lowest BCUT2D eigenvalue weighted by Crippen LogP contribution is -2.56. The van der Waals surface area contributed by atoms with Gasteiger partial charge in [0.1, 0.15) is 5.92 Å². The van der Waals surface area contributed by atoms with Crippen LogP contribution in [-0.4, -0.2) is 119 Å². The molecule has 3 saturated heterocycles. The maximum absolute atomic E-state index is 14.1. The number of nitrogens with one attached hydrogen (secondary N) is 1. The zero-order valence-corrected chi connectivity index (χ0v) is 32.8. The van der Waals surface area contributed by atoms with Gasteiger partial charge in [0.05, 0.1) is 43.9 Å². The number of para-hydroxylation sites is 1. The highest BCUT2D eigenvalue weighted by molar-refractivity contribution is 7.92. The lowest BCUT2D eigenvalue weighted by Gasteiger charge is -2.45. The summed E-state index contributed by atoms with van der Waals surface area (Å²) < 4.78 is 37.4. The molecule has 4 atom stereocenters. The second-order valence-corrected chi connectivity index (χ2v) is 16.9. The predicted molar refractivity (Wildman–Crippen MR) is 205 cm³/mol. The third-order valence-corrected chi connectivity index (χ3v) is 12.5. The number of piperazine rings is 1. The number of anilines is 1. The molecule has 1 amide bonds. The third kappa shape index (κ3) is 8.59. The van der Waals surface area contributed by atoms with Gasteiger partial charge in [0.2, 0.25) is 15.9 Å². The summed E-state index contributed by atoms with van der Waals surface area (Å²) in [4.78, 5) is 53.4. The molecule has 0 aromatic heterocycles. The molecule has 4 unspecified atom stereocenters. The summed E-state index contributed by atoms with van der Waals surface area (Å²) in [6.07, 6.45) is 6.06. The zero-order valence-electron chi connectivity index (χ0n) is 30.5. The highest BCUT2D eigenvalue weighted by Gasteiger charge is 2.47. The van der Waals surface area contributed by atoms with Crippen LogP contribution in [0.5, 0.6) is 0 Å². The molecule has 286 valence electrons. The molecule has 2 aromatic rings. The summed E-state index contributed by atoms with van der Waals surface area (Å²) in [5, 5.41) is 0.428. The van der Waals surface area contributed by atoms with E-state index in [4.69, 9.17) is 37.7 Å². The summed E-state index contributed by atoms with van der Waals surface area (Å²) in [6, 6.07) is 13.6. The van der Waals surface area contributed by atoms with Crippen molar-refractivity contribution in [2.45, 2.75) is 69.0 Å². The van der Waals surface area contributed by atoms with Gasteiger partial charge in [-0.15, -0.1) is 0 Å². The molecule has 0 saturated carbocycles. The van der Waals surface area contributed by atoms with Crippen molar-refractivity contribution in [3.05, 3.63) is 74.9 Å². The van der Waals surface area contributed by atoms with Crippen molar-refractivity contribution in [3.63, 3.8) is 0 Å². The summed E-state index contributed by atoms with van der Waals surface area (Å²) >= 11 is 13.6. The highest BCUT2D eigenvalue weighted by atomic mass is 35.5. The Balaban J connectivity index is 1.33. The number of methoxy groups -OCH3 is 2. The number of esters is 2. The number of carbonyl (C=O) groups is 3. The van der Waals surface area contributed by atoms with Crippen molar-refractivity contribution < 1.29 is 32.3 Å². The molecular formula is C38H47Cl2N5O7S. The maximum Gasteiger partial charge on any atom is 0.336 e. The minimum atomic E-state index is -3.58. The standard InChI is InChI=1S/C38H47Cl2N5O7S/c1-43-24-13-14-25(43)21-26(20-24)44-16-18-45(19-17-44)32(46)22-31-35(38(48)52-3)36(33-27(39)9-7-10-28(33)40)34(37(47)51-2)30(41-31)15-12-23-8-5-6-11-29(23)42-53(4,49)50/h5-11,24-26,35-36,42H,12-22H2,1-4H3. The predicted octanol–water partition coefficient (Wildman–Crippen LogP) is 4.91. The van der Waals surface area contributed by atoms with Crippen LogP contribution in [-0.2, 0) is 40.3 Å². The molecule has 15 heteroatoms. The van der Waals surface area contributed by atoms with Crippen molar-refractivity contribution in [2.24, 2.45) is 10.9 Å². The van der Waals surface area contributed by atoms with Crippen LogP contribution >= 0.6 is 23.2 Å². The van der Waals surface area contributed by atoms with E-state index in [0.29, 0.717) is 48.0 Å². The normalized spacial score (nSPS) is 25.2. The first kappa shape index (κ1) is 39.2. The number of sulfonamides is 1. The highest BCUT2D eigenvalue weighted by Crippen LogP contribution is 2.47. The number of aliphatic imine (C=N–C) groups is 1.